The number of anilines is 1. The fourth-order valence-electron chi connectivity index (χ4n) is 1.88. The Kier molecular flexibility index (Phi) is 3.35. The number of nitrogens with two attached hydrogens (primary N) is 1. The highest BCUT2D eigenvalue weighted by Gasteiger charge is 2.41. The van der Waals surface area contributed by atoms with E-state index < -0.39 is 30.2 Å². The third-order valence-corrected chi connectivity index (χ3v) is 2.98. The number of aliphatic hydroxyl groups excluding tert-OH is 3. The number of nitrogens with zero attached hydrogens (tertiary/aromatic N) is 2. The Balaban J connectivity index is 2.43. The van der Waals surface area contributed by atoms with E-state index in [4.69, 9.17) is 15.6 Å². The van der Waals surface area contributed by atoms with E-state index in [2.05, 4.69) is 4.98 Å². The first-order valence-corrected chi connectivity index (χ1v) is 5.45. The quantitative estimate of drug-likeness (QED) is 0.480. The molecule has 4 atom stereocenters. The lowest BCUT2D eigenvalue weighted by Gasteiger charge is -2.18. The van der Waals surface area contributed by atoms with E-state index in [0.717, 1.165) is 4.57 Å². The van der Waals surface area contributed by atoms with Crippen LogP contribution < -0.4 is 11.4 Å². The van der Waals surface area contributed by atoms with Crippen LogP contribution in [-0.2, 0) is 11.3 Å². The maximum absolute atomic E-state index is 11.7. The Hall–Kier alpha value is -1.48. The third kappa shape index (κ3) is 1.99. The second-order valence-corrected chi connectivity index (χ2v) is 4.21. The van der Waals surface area contributed by atoms with Gasteiger partial charge in [0, 0.05) is 11.8 Å². The van der Waals surface area contributed by atoms with Crippen LogP contribution in [0.25, 0.3) is 0 Å². The van der Waals surface area contributed by atoms with Gasteiger partial charge in [0.25, 0.3) is 0 Å². The Morgan fingerprint density at radius 3 is 2.67 bits per heavy atom. The predicted molar refractivity (Wildman–Crippen MR) is 60.4 cm³/mol. The fourth-order valence-corrected chi connectivity index (χ4v) is 1.88. The molecule has 1 fully saturated rings. The van der Waals surface area contributed by atoms with E-state index in [1.165, 1.54) is 6.20 Å². The molecule has 0 saturated carbocycles. The molecule has 0 bridgehead atoms. The minimum Gasteiger partial charge on any atom is -0.391 e. The maximum Gasteiger partial charge on any atom is 0.351 e. The summed E-state index contributed by atoms with van der Waals surface area (Å²) in [5.41, 5.74) is 4.99. The van der Waals surface area contributed by atoms with Crippen LogP contribution in [0.4, 0.5) is 5.82 Å². The Labute approximate surface area is 102 Å². The number of nitrogen functional groups attached to an aromatic ring is 1. The molecule has 5 N–H and O–H groups in total. The summed E-state index contributed by atoms with van der Waals surface area (Å²) in [5.74, 6) is -0.0696. The van der Waals surface area contributed by atoms with Gasteiger partial charge in [-0.15, -0.1) is 0 Å². The summed E-state index contributed by atoms with van der Waals surface area (Å²) < 4.78 is 6.31. The minimum atomic E-state index is -1.24. The molecule has 0 aliphatic carbocycles. The van der Waals surface area contributed by atoms with Crippen molar-refractivity contribution < 1.29 is 20.1 Å². The van der Waals surface area contributed by atoms with Crippen LogP contribution in [0.5, 0.6) is 0 Å². The average molecular weight is 257 g/mol. The summed E-state index contributed by atoms with van der Waals surface area (Å²) in [6.45, 7) is 1.19. The summed E-state index contributed by atoms with van der Waals surface area (Å²) in [6, 6.07) is 0. The zero-order valence-corrected chi connectivity index (χ0v) is 9.72. The molecule has 1 unspecified atom stereocenters. The lowest BCUT2D eigenvalue weighted by atomic mass is 10.1. The second kappa shape index (κ2) is 4.65. The molecule has 0 amide bonds. The van der Waals surface area contributed by atoms with Crippen molar-refractivity contribution in [3.8, 4) is 0 Å². The van der Waals surface area contributed by atoms with E-state index in [1.807, 2.05) is 0 Å². The molecule has 1 aliphatic rings. The van der Waals surface area contributed by atoms with Gasteiger partial charge in [0.15, 0.2) is 6.23 Å². The van der Waals surface area contributed by atoms with Crippen LogP contribution in [0.15, 0.2) is 11.0 Å². The Morgan fingerprint density at radius 1 is 1.50 bits per heavy atom. The number of aromatic nitrogens is 2. The molecule has 8 heteroatoms. The van der Waals surface area contributed by atoms with E-state index in [-0.39, 0.29) is 18.0 Å². The molecule has 1 aromatic heterocycles. The van der Waals surface area contributed by atoms with Crippen molar-refractivity contribution in [2.75, 3.05) is 5.73 Å². The van der Waals surface area contributed by atoms with Crippen molar-refractivity contribution in [1.82, 2.24) is 9.55 Å². The van der Waals surface area contributed by atoms with Crippen LogP contribution in [0.3, 0.4) is 0 Å². The summed E-state index contributed by atoms with van der Waals surface area (Å²) in [7, 11) is 0. The summed E-state index contributed by atoms with van der Waals surface area (Å²) >= 11 is 0. The highest BCUT2D eigenvalue weighted by atomic mass is 16.6. The molecule has 0 spiro atoms. The zero-order valence-electron chi connectivity index (χ0n) is 9.72. The third-order valence-electron chi connectivity index (χ3n) is 2.98. The van der Waals surface area contributed by atoms with Crippen molar-refractivity contribution in [2.24, 2.45) is 0 Å². The second-order valence-electron chi connectivity index (χ2n) is 4.21. The standard InChI is InChI=1S/C10H15N3O5/c1-4-6(15)7(16)9(18-4)13-2-5(3-14)8(11)12-10(13)17/h2,4,6-7,9,14-16H,3H2,1H3,(H2,11,12,17)/t4-,6-,7-,9?/m1/s1. The van der Waals surface area contributed by atoms with Gasteiger partial charge in [0.05, 0.1) is 12.7 Å². The van der Waals surface area contributed by atoms with E-state index in [1.54, 1.807) is 6.92 Å². The number of rotatable bonds is 2. The molecule has 100 valence electrons. The molecule has 18 heavy (non-hydrogen) atoms. The van der Waals surface area contributed by atoms with E-state index in [9.17, 15) is 15.0 Å². The van der Waals surface area contributed by atoms with Crippen molar-refractivity contribution in [3.05, 3.63) is 22.2 Å². The topological polar surface area (TPSA) is 131 Å². The normalized spacial score (nSPS) is 31.8. The smallest absolute Gasteiger partial charge is 0.351 e. The summed E-state index contributed by atoms with van der Waals surface area (Å²) in [4.78, 5) is 15.2. The van der Waals surface area contributed by atoms with Crippen molar-refractivity contribution in [3.63, 3.8) is 0 Å². The van der Waals surface area contributed by atoms with E-state index >= 15 is 0 Å². The van der Waals surface area contributed by atoms with Gasteiger partial charge in [-0.3, -0.25) is 4.57 Å². The first-order chi connectivity index (χ1) is 8.45. The molecule has 1 saturated heterocycles. The van der Waals surface area contributed by atoms with Crippen LogP contribution in [0.2, 0.25) is 0 Å². The van der Waals surface area contributed by atoms with Crippen LogP contribution in [0, 0.1) is 0 Å². The zero-order chi connectivity index (χ0) is 13.4. The van der Waals surface area contributed by atoms with Crippen molar-refractivity contribution in [1.29, 1.82) is 0 Å². The first-order valence-electron chi connectivity index (χ1n) is 5.45. The van der Waals surface area contributed by atoms with Gasteiger partial charge in [-0.2, -0.15) is 4.98 Å². The van der Waals surface area contributed by atoms with Gasteiger partial charge in [0.1, 0.15) is 18.0 Å². The van der Waals surface area contributed by atoms with Crippen molar-refractivity contribution in [2.45, 2.75) is 38.1 Å². The summed E-state index contributed by atoms with van der Waals surface area (Å²) in [6.07, 6.45) is -2.71. The molecular weight excluding hydrogens is 242 g/mol. The lowest BCUT2D eigenvalue weighted by Crippen LogP contribution is -2.36. The molecule has 0 radical (unpaired) electrons. The van der Waals surface area contributed by atoms with Gasteiger partial charge in [0.2, 0.25) is 0 Å². The predicted octanol–water partition coefficient (Wildman–Crippen LogP) is -2.04. The van der Waals surface area contributed by atoms with Crippen molar-refractivity contribution >= 4 is 5.82 Å². The molecule has 1 aliphatic heterocycles. The molecular formula is C10H15N3O5. The summed E-state index contributed by atoms with van der Waals surface area (Å²) in [5, 5.41) is 28.4. The van der Waals surface area contributed by atoms with Crippen LogP contribution in [0.1, 0.15) is 18.7 Å². The Morgan fingerprint density at radius 2 is 2.17 bits per heavy atom. The van der Waals surface area contributed by atoms with Crippen LogP contribution in [-0.4, -0.2) is 43.2 Å². The van der Waals surface area contributed by atoms with Gasteiger partial charge in [-0.25, -0.2) is 4.79 Å². The Bertz CT molecular complexity index is 503. The van der Waals surface area contributed by atoms with Gasteiger partial charge >= 0.3 is 5.69 Å². The number of ether oxygens (including phenoxy) is 1. The highest BCUT2D eigenvalue weighted by molar-refractivity contribution is 5.36. The van der Waals surface area contributed by atoms with Crippen LogP contribution >= 0.6 is 0 Å². The fraction of sp³-hybridized carbons (Fsp3) is 0.600. The molecule has 0 aromatic carbocycles. The monoisotopic (exact) mass is 257 g/mol. The largest absolute Gasteiger partial charge is 0.391 e. The molecule has 8 nitrogen and oxygen atoms in total. The SMILES string of the molecule is C[C@H]1OC(n2cc(CO)c(N)nc2=O)[C@H](O)[C@@H]1O. The molecule has 2 rings (SSSR count). The molecule has 1 aromatic rings. The maximum atomic E-state index is 11.7. The average Bonchev–Trinajstić information content (AvgIpc) is 2.57. The number of hydrogen-bond acceptors (Lipinski definition) is 7. The van der Waals surface area contributed by atoms with Gasteiger partial charge in [-0.1, -0.05) is 0 Å². The van der Waals surface area contributed by atoms with Gasteiger partial charge < -0.3 is 25.8 Å². The van der Waals surface area contributed by atoms with E-state index in [0.29, 0.717) is 0 Å². The highest BCUT2D eigenvalue weighted by Crippen LogP contribution is 2.28. The first kappa shape index (κ1) is 13.0. The minimum absolute atomic E-state index is 0.0696. The number of hydrogen-bond donors (Lipinski definition) is 4. The lowest BCUT2D eigenvalue weighted by molar-refractivity contribution is -0.0352. The molecule has 2 heterocycles. The van der Waals surface area contributed by atoms with Gasteiger partial charge in [-0.05, 0) is 6.92 Å². The number of aliphatic hydroxyl groups is 3.